The van der Waals surface area contributed by atoms with Gasteiger partial charge in [0, 0.05) is 5.56 Å². The summed E-state index contributed by atoms with van der Waals surface area (Å²) in [6.07, 6.45) is 12.8. The van der Waals surface area contributed by atoms with Gasteiger partial charge in [-0.3, -0.25) is 4.55 Å². The van der Waals surface area contributed by atoms with Crippen LogP contribution in [0.25, 0.3) is 17.2 Å². The van der Waals surface area contributed by atoms with Gasteiger partial charge in [0.2, 0.25) is 0 Å². The third-order valence-electron chi connectivity index (χ3n) is 4.80. The quantitative estimate of drug-likeness (QED) is 0.439. The number of allylic oxidation sites excluding steroid dienone is 1. The molecule has 2 aromatic rings. The monoisotopic (exact) mass is 366 g/mol. The molecule has 1 aliphatic rings. The van der Waals surface area contributed by atoms with Crippen LogP contribution in [0.15, 0.2) is 54.6 Å². The zero-order valence-corrected chi connectivity index (χ0v) is 15.4. The normalized spacial score (nSPS) is 16.3. The molecule has 1 unspecified atom stereocenters. The van der Waals surface area contributed by atoms with E-state index in [0.29, 0.717) is 11.6 Å². The molecule has 1 atom stereocenters. The van der Waals surface area contributed by atoms with E-state index in [4.69, 9.17) is 0 Å². The molecule has 1 N–H and O–H groups in total. The number of hydrogen-bond acceptors (Lipinski definition) is 2. The highest BCUT2D eigenvalue weighted by Crippen LogP contribution is 2.31. The number of hydrogen-bond donors (Lipinski definition) is 1. The minimum absolute atomic E-state index is 0.418. The molecule has 5 heteroatoms. The van der Waals surface area contributed by atoms with E-state index in [1.165, 1.54) is 32.1 Å². The van der Waals surface area contributed by atoms with E-state index in [1.807, 2.05) is 36.4 Å². The fourth-order valence-corrected chi connectivity index (χ4v) is 3.81. The van der Waals surface area contributed by atoms with Crippen LogP contribution in [-0.4, -0.2) is 8.76 Å². The number of rotatable bonds is 5. The first kappa shape index (κ1) is 18.4. The molecular weight excluding hydrogens is 344 g/mol. The summed E-state index contributed by atoms with van der Waals surface area (Å²) in [7, 11) is 0. The molecule has 0 aliphatic heterocycles. The first-order chi connectivity index (χ1) is 12.7. The van der Waals surface area contributed by atoms with Crippen LogP contribution in [0.5, 0.6) is 0 Å². The van der Waals surface area contributed by atoms with Crippen LogP contribution in [0, 0.1) is 17.4 Å². The van der Waals surface area contributed by atoms with Crippen LogP contribution in [0.3, 0.4) is 0 Å². The summed E-state index contributed by atoms with van der Waals surface area (Å²) in [6.45, 7) is 0. The number of nitrogens with zero attached hydrogens (tertiary/aromatic N) is 2. The van der Waals surface area contributed by atoms with Crippen LogP contribution in [-0.2, 0) is 11.3 Å². The first-order valence-electron chi connectivity index (χ1n) is 8.87. The summed E-state index contributed by atoms with van der Waals surface area (Å²) in [5, 5.41) is 9.17. The highest BCUT2D eigenvalue weighted by atomic mass is 32.2. The SMILES string of the molecule is N#CN(c1ccccc1-c1ccc(C=CC2CCCCC2)cc1)S(=O)O. The number of nitriles is 1. The lowest BCUT2D eigenvalue weighted by Crippen LogP contribution is -2.19. The van der Waals surface area contributed by atoms with Gasteiger partial charge in [-0.2, -0.15) is 9.57 Å². The van der Waals surface area contributed by atoms with Crippen molar-refractivity contribution in [2.24, 2.45) is 5.92 Å². The van der Waals surface area contributed by atoms with Crippen LogP contribution in [0.2, 0.25) is 0 Å². The Balaban J connectivity index is 1.82. The highest BCUT2D eigenvalue weighted by molar-refractivity contribution is 7.81. The molecule has 0 heterocycles. The second-order valence-corrected chi connectivity index (χ2v) is 7.35. The second-order valence-electron chi connectivity index (χ2n) is 6.52. The smallest absolute Gasteiger partial charge is 0.275 e. The van der Waals surface area contributed by atoms with Crippen LogP contribution >= 0.6 is 0 Å². The maximum Gasteiger partial charge on any atom is 0.275 e. The Hall–Kier alpha value is -2.42. The lowest BCUT2D eigenvalue weighted by atomic mass is 9.88. The number of anilines is 1. The van der Waals surface area contributed by atoms with Gasteiger partial charge in [0.05, 0.1) is 5.69 Å². The molecule has 0 aromatic heterocycles. The zero-order valence-electron chi connectivity index (χ0n) is 14.5. The van der Waals surface area contributed by atoms with E-state index < -0.39 is 11.3 Å². The maximum absolute atomic E-state index is 11.4. The van der Waals surface area contributed by atoms with Crippen LogP contribution in [0.1, 0.15) is 37.7 Å². The number of benzene rings is 2. The van der Waals surface area contributed by atoms with Gasteiger partial charge in [-0.05, 0) is 36.0 Å². The molecule has 0 amide bonds. The predicted molar refractivity (Wildman–Crippen MR) is 106 cm³/mol. The molecular formula is C21H22N2O2S. The zero-order chi connectivity index (χ0) is 18.4. The summed E-state index contributed by atoms with van der Waals surface area (Å²) < 4.78 is 21.5. The first-order valence-corrected chi connectivity index (χ1v) is 9.94. The van der Waals surface area contributed by atoms with Crippen molar-refractivity contribution < 1.29 is 8.76 Å². The van der Waals surface area contributed by atoms with Gasteiger partial charge in [-0.25, -0.2) is 4.21 Å². The summed E-state index contributed by atoms with van der Waals surface area (Å²) in [5.41, 5.74) is 3.21. The van der Waals surface area contributed by atoms with Crippen molar-refractivity contribution in [2.45, 2.75) is 32.1 Å². The minimum Gasteiger partial charge on any atom is -0.288 e. The van der Waals surface area contributed by atoms with Crippen molar-refractivity contribution >= 4 is 23.0 Å². The molecule has 1 saturated carbocycles. The molecule has 26 heavy (non-hydrogen) atoms. The van der Waals surface area contributed by atoms with E-state index in [9.17, 15) is 14.0 Å². The molecule has 0 spiro atoms. The van der Waals surface area contributed by atoms with Crippen LogP contribution in [0.4, 0.5) is 5.69 Å². The van der Waals surface area contributed by atoms with E-state index >= 15 is 0 Å². The van der Waals surface area contributed by atoms with Crippen LogP contribution < -0.4 is 4.31 Å². The summed E-state index contributed by atoms with van der Waals surface area (Å²) >= 11 is -2.39. The van der Waals surface area contributed by atoms with Gasteiger partial charge in [-0.1, -0.05) is 73.9 Å². The molecule has 1 aliphatic carbocycles. The van der Waals surface area contributed by atoms with Crippen molar-refractivity contribution in [2.75, 3.05) is 4.31 Å². The largest absolute Gasteiger partial charge is 0.288 e. The molecule has 134 valence electrons. The van der Waals surface area contributed by atoms with Gasteiger partial charge in [0.25, 0.3) is 11.3 Å². The van der Waals surface area contributed by atoms with Gasteiger partial charge in [0.15, 0.2) is 6.19 Å². The van der Waals surface area contributed by atoms with Gasteiger partial charge >= 0.3 is 0 Å². The van der Waals surface area contributed by atoms with Gasteiger partial charge in [0.1, 0.15) is 0 Å². The predicted octanol–water partition coefficient (Wildman–Crippen LogP) is 5.37. The summed E-state index contributed by atoms with van der Waals surface area (Å²) in [6, 6.07) is 15.2. The van der Waals surface area contributed by atoms with Crippen molar-refractivity contribution in [3.8, 4) is 17.3 Å². The van der Waals surface area contributed by atoms with Crippen molar-refractivity contribution in [3.63, 3.8) is 0 Å². The lowest BCUT2D eigenvalue weighted by molar-refractivity contribution is 0.420. The molecule has 0 bridgehead atoms. The molecule has 1 fully saturated rings. The average Bonchev–Trinajstić information content (AvgIpc) is 2.68. The topological polar surface area (TPSA) is 64.3 Å². The molecule has 2 aromatic carbocycles. The lowest BCUT2D eigenvalue weighted by Gasteiger charge is -2.17. The Morgan fingerprint density at radius 2 is 1.77 bits per heavy atom. The Labute approximate surface area is 157 Å². The molecule has 3 rings (SSSR count). The standard InChI is InChI=1S/C21H22N2O2S/c22-16-23(26(24)25)21-9-5-4-8-20(21)19-14-12-18(13-15-19)11-10-17-6-2-1-3-7-17/h4-5,8-15,17H,1-3,6-7H2,(H,24,25). The summed E-state index contributed by atoms with van der Waals surface area (Å²) in [4.78, 5) is 0. The van der Waals surface area contributed by atoms with Gasteiger partial charge < -0.3 is 0 Å². The fourth-order valence-electron chi connectivity index (χ4n) is 3.42. The number of para-hydroxylation sites is 1. The third kappa shape index (κ3) is 4.40. The second kappa shape index (κ2) is 8.79. The van der Waals surface area contributed by atoms with Crippen molar-refractivity contribution in [1.29, 1.82) is 5.26 Å². The van der Waals surface area contributed by atoms with E-state index in [1.54, 1.807) is 18.3 Å². The Kier molecular flexibility index (Phi) is 6.21. The van der Waals surface area contributed by atoms with Crippen molar-refractivity contribution in [3.05, 3.63) is 60.2 Å². The minimum atomic E-state index is -2.39. The maximum atomic E-state index is 11.4. The summed E-state index contributed by atoms with van der Waals surface area (Å²) in [5.74, 6) is 0.688. The molecule has 0 saturated heterocycles. The Morgan fingerprint density at radius 3 is 2.42 bits per heavy atom. The Bertz CT molecular complexity index is 834. The molecule has 0 radical (unpaired) electrons. The Morgan fingerprint density at radius 1 is 1.08 bits per heavy atom. The third-order valence-corrected chi connectivity index (χ3v) is 5.39. The van der Waals surface area contributed by atoms with Gasteiger partial charge in [-0.15, -0.1) is 0 Å². The van der Waals surface area contributed by atoms with Crippen molar-refractivity contribution in [1.82, 2.24) is 0 Å². The van der Waals surface area contributed by atoms with E-state index in [-0.39, 0.29) is 0 Å². The molecule has 4 nitrogen and oxygen atoms in total. The van der Waals surface area contributed by atoms with E-state index in [0.717, 1.165) is 21.0 Å². The highest BCUT2D eigenvalue weighted by Gasteiger charge is 2.16. The van der Waals surface area contributed by atoms with E-state index in [2.05, 4.69) is 12.2 Å². The fraction of sp³-hybridized carbons (Fsp3) is 0.286. The average molecular weight is 366 g/mol.